The standard InChI is InChI=1S/C20H32N6O4S/c1-13-9-21-18(22-10-13)8-15(3)31(27)25-20-24-23-19(17-7-6-14(2)30-17)26(20)16(11-28-4)12-29-5/h9-10,14-17H,6-8,11-12H2,1-5H3,(H,24,25). The van der Waals surface area contributed by atoms with E-state index < -0.39 is 11.4 Å². The zero-order chi connectivity index (χ0) is 22.4. The highest BCUT2D eigenvalue weighted by molar-refractivity contribution is 7.93. The molecule has 0 radical (unpaired) electrons. The van der Waals surface area contributed by atoms with Crippen molar-refractivity contribution in [3.8, 4) is 0 Å². The van der Waals surface area contributed by atoms with Gasteiger partial charge in [0.25, 0.3) is 5.95 Å². The van der Waals surface area contributed by atoms with Crippen LogP contribution in [0.5, 0.6) is 0 Å². The Kier molecular flexibility index (Phi) is 8.61. The second kappa shape index (κ2) is 11.2. The molecular weight excluding hydrogens is 420 g/mol. The Balaban J connectivity index is 1.80. The fourth-order valence-electron chi connectivity index (χ4n) is 3.58. The molecule has 4 unspecified atom stereocenters. The molecule has 2 aromatic rings. The molecule has 1 aliphatic rings. The molecule has 11 heteroatoms. The van der Waals surface area contributed by atoms with Crippen LogP contribution in [-0.2, 0) is 32.0 Å². The Bertz CT molecular complexity index is 815. The lowest BCUT2D eigenvalue weighted by molar-refractivity contribution is 0.0406. The van der Waals surface area contributed by atoms with E-state index in [4.69, 9.17) is 14.2 Å². The highest BCUT2D eigenvalue weighted by atomic mass is 32.2. The summed E-state index contributed by atoms with van der Waals surface area (Å²) < 4.78 is 34.8. The van der Waals surface area contributed by atoms with Crippen molar-refractivity contribution in [1.82, 2.24) is 24.7 Å². The van der Waals surface area contributed by atoms with E-state index in [1.165, 1.54) is 0 Å². The molecule has 1 fully saturated rings. The van der Waals surface area contributed by atoms with E-state index in [1.54, 1.807) is 26.6 Å². The first kappa shape index (κ1) is 23.9. The predicted molar refractivity (Wildman–Crippen MR) is 117 cm³/mol. The number of methoxy groups -OCH3 is 2. The quantitative estimate of drug-likeness (QED) is 0.511. The summed E-state index contributed by atoms with van der Waals surface area (Å²) in [4.78, 5) is 8.62. The third-order valence-electron chi connectivity index (χ3n) is 5.19. The van der Waals surface area contributed by atoms with Crippen LogP contribution in [0.3, 0.4) is 0 Å². The van der Waals surface area contributed by atoms with Crippen molar-refractivity contribution in [2.75, 3.05) is 32.2 Å². The minimum absolute atomic E-state index is 0.165. The van der Waals surface area contributed by atoms with E-state index in [9.17, 15) is 4.55 Å². The summed E-state index contributed by atoms with van der Waals surface area (Å²) in [6, 6.07) is -0.185. The number of rotatable bonds is 11. The first-order chi connectivity index (χ1) is 14.9. The Labute approximate surface area is 186 Å². The molecule has 1 aliphatic heterocycles. The van der Waals surface area contributed by atoms with Gasteiger partial charge in [0.15, 0.2) is 5.82 Å². The molecule has 0 aliphatic carbocycles. The average molecular weight is 453 g/mol. The molecule has 172 valence electrons. The van der Waals surface area contributed by atoms with Gasteiger partial charge in [-0.3, -0.25) is 4.57 Å². The number of aromatic nitrogens is 5. The fraction of sp³-hybridized carbons (Fsp3) is 0.700. The topological polar surface area (TPSA) is 119 Å². The van der Waals surface area contributed by atoms with Crippen LogP contribution in [0.1, 0.15) is 56.0 Å². The highest BCUT2D eigenvalue weighted by Gasteiger charge is 2.33. The number of ether oxygens (including phenoxy) is 3. The average Bonchev–Trinajstić information content (AvgIpc) is 3.35. The number of hydrogen-bond acceptors (Lipinski definition) is 9. The van der Waals surface area contributed by atoms with Crippen molar-refractivity contribution in [3.05, 3.63) is 29.6 Å². The second-order valence-electron chi connectivity index (χ2n) is 7.92. The summed E-state index contributed by atoms with van der Waals surface area (Å²) in [5, 5.41) is 8.44. The minimum atomic E-state index is -1.43. The lowest BCUT2D eigenvalue weighted by atomic mass is 10.2. The van der Waals surface area contributed by atoms with Gasteiger partial charge in [0, 0.05) is 26.6 Å². The zero-order valence-corrected chi connectivity index (χ0v) is 19.6. The Morgan fingerprint density at radius 2 is 1.90 bits per heavy atom. The van der Waals surface area contributed by atoms with Crippen LogP contribution >= 0.6 is 0 Å². The van der Waals surface area contributed by atoms with Crippen molar-refractivity contribution in [1.29, 1.82) is 0 Å². The van der Waals surface area contributed by atoms with Crippen LogP contribution in [-0.4, -0.2) is 68.1 Å². The monoisotopic (exact) mass is 452 g/mol. The van der Waals surface area contributed by atoms with Crippen molar-refractivity contribution >= 4 is 17.3 Å². The van der Waals surface area contributed by atoms with E-state index in [-0.39, 0.29) is 23.5 Å². The molecule has 31 heavy (non-hydrogen) atoms. The van der Waals surface area contributed by atoms with Gasteiger partial charge in [-0.1, -0.05) is 0 Å². The van der Waals surface area contributed by atoms with Gasteiger partial charge in [0.1, 0.15) is 17.2 Å². The molecule has 3 rings (SSSR count). The van der Waals surface area contributed by atoms with Gasteiger partial charge >= 0.3 is 0 Å². The van der Waals surface area contributed by atoms with E-state index in [2.05, 4.69) is 24.9 Å². The predicted octanol–water partition coefficient (Wildman–Crippen LogP) is 2.16. The van der Waals surface area contributed by atoms with Gasteiger partial charge in [-0.25, -0.2) is 9.97 Å². The summed E-state index contributed by atoms with van der Waals surface area (Å²) in [7, 11) is 3.27. The first-order valence-corrected chi connectivity index (χ1v) is 11.7. The molecule has 4 atom stereocenters. The fourth-order valence-corrected chi connectivity index (χ4v) is 4.40. The summed E-state index contributed by atoms with van der Waals surface area (Å²) >= 11 is -1.43. The van der Waals surface area contributed by atoms with Crippen LogP contribution in [0, 0.1) is 6.92 Å². The lowest BCUT2D eigenvalue weighted by Gasteiger charge is -2.24. The van der Waals surface area contributed by atoms with Gasteiger partial charge < -0.3 is 18.8 Å². The van der Waals surface area contributed by atoms with Crippen molar-refractivity contribution < 1.29 is 18.8 Å². The Morgan fingerprint density at radius 3 is 2.48 bits per heavy atom. The Morgan fingerprint density at radius 1 is 1.23 bits per heavy atom. The zero-order valence-electron chi connectivity index (χ0n) is 18.8. The first-order valence-electron chi connectivity index (χ1n) is 10.5. The highest BCUT2D eigenvalue weighted by Crippen LogP contribution is 2.34. The molecule has 3 heterocycles. The van der Waals surface area contributed by atoms with Crippen LogP contribution in [0.2, 0.25) is 0 Å². The molecular formula is C20H32N6O4S. The van der Waals surface area contributed by atoms with E-state index in [0.29, 0.717) is 37.2 Å². The lowest BCUT2D eigenvalue weighted by Crippen LogP contribution is -2.31. The van der Waals surface area contributed by atoms with Crippen molar-refractivity contribution in [2.24, 2.45) is 0 Å². The molecule has 0 spiro atoms. The molecule has 10 nitrogen and oxygen atoms in total. The van der Waals surface area contributed by atoms with Gasteiger partial charge in [0.05, 0.1) is 43.1 Å². The smallest absolute Gasteiger partial charge is 0.266 e. The molecule has 0 bridgehead atoms. The van der Waals surface area contributed by atoms with Crippen LogP contribution in [0.25, 0.3) is 0 Å². The molecule has 1 saturated heterocycles. The third-order valence-corrected chi connectivity index (χ3v) is 6.47. The van der Waals surface area contributed by atoms with E-state index in [0.717, 1.165) is 18.4 Å². The number of nitrogens with one attached hydrogen (secondary N) is 1. The van der Waals surface area contributed by atoms with Crippen LogP contribution < -0.4 is 4.72 Å². The van der Waals surface area contributed by atoms with Gasteiger partial charge in [0.2, 0.25) is 0 Å². The van der Waals surface area contributed by atoms with E-state index >= 15 is 0 Å². The number of aryl methyl sites for hydroxylation is 1. The Hall–Kier alpha value is -1.79. The molecule has 0 aromatic carbocycles. The van der Waals surface area contributed by atoms with Crippen molar-refractivity contribution in [2.45, 2.75) is 63.5 Å². The summed E-state index contributed by atoms with van der Waals surface area (Å²) in [6.45, 7) is 6.66. The van der Waals surface area contributed by atoms with E-state index in [1.807, 2.05) is 25.3 Å². The molecule has 0 amide bonds. The SMILES string of the molecule is COCC(COC)n1c(N[S+]([O-])C(C)Cc2ncc(C)cn2)nnc1C1CCC(C)O1. The third kappa shape index (κ3) is 6.13. The van der Waals surface area contributed by atoms with Crippen molar-refractivity contribution in [3.63, 3.8) is 0 Å². The second-order valence-corrected chi connectivity index (χ2v) is 9.52. The largest absolute Gasteiger partial charge is 0.593 e. The minimum Gasteiger partial charge on any atom is -0.593 e. The molecule has 2 aromatic heterocycles. The van der Waals surface area contributed by atoms with Gasteiger partial charge in [-0.2, -0.15) is 4.72 Å². The summed E-state index contributed by atoms with van der Waals surface area (Å²) in [5.74, 6) is 1.75. The maximum absolute atomic E-state index is 13.0. The molecule has 0 saturated carbocycles. The maximum atomic E-state index is 13.0. The maximum Gasteiger partial charge on any atom is 0.266 e. The summed E-state index contributed by atoms with van der Waals surface area (Å²) in [5.41, 5.74) is 0.988. The number of anilines is 1. The molecule has 1 N–H and O–H groups in total. The normalized spacial score (nSPS) is 20.9. The van der Waals surface area contributed by atoms with Crippen LogP contribution in [0.4, 0.5) is 5.95 Å². The van der Waals surface area contributed by atoms with Gasteiger partial charge in [-0.15, -0.1) is 10.2 Å². The number of nitrogens with zero attached hydrogens (tertiary/aromatic N) is 5. The summed E-state index contributed by atoms with van der Waals surface area (Å²) in [6.07, 6.45) is 5.81. The number of hydrogen-bond donors (Lipinski definition) is 1. The van der Waals surface area contributed by atoms with Crippen LogP contribution in [0.15, 0.2) is 12.4 Å². The van der Waals surface area contributed by atoms with Gasteiger partial charge in [-0.05, 0) is 39.2 Å².